The van der Waals surface area contributed by atoms with Crippen LogP contribution in [-0.4, -0.2) is 28.3 Å². The molecule has 0 amide bonds. The summed E-state index contributed by atoms with van der Waals surface area (Å²) in [6.45, 7) is 8.27. The fourth-order valence-corrected chi connectivity index (χ4v) is 4.61. The van der Waals surface area contributed by atoms with Crippen LogP contribution in [0.4, 0.5) is 0 Å². The van der Waals surface area contributed by atoms with Gasteiger partial charge in [-0.05, 0) is 50.0 Å². The molecule has 5 heteroatoms. The topological polar surface area (TPSA) is 44.2 Å². The molecule has 0 radical (unpaired) electrons. The number of benzene rings is 4. The zero-order valence-corrected chi connectivity index (χ0v) is 20.4. The quantitative estimate of drug-likeness (QED) is 0.293. The molecule has 4 aromatic carbocycles. The predicted octanol–water partition coefficient (Wildman–Crippen LogP) is 6.42. The monoisotopic (exact) mass is 458 g/mol. The summed E-state index contributed by atoms with van der Waals surface area (Å²) in [5.41, 5.74) is 4.18. The van der Waals surface area contributed by atoms with Gasteiger partial charge >= 0.3 is 7.12 Å². The van der Waals surface area contributed by atoms with E-state index < -0.39 is 7.12 Å². The largest absolute Gasteiger partial charge is 0.494 e. The van der Waals surface area contributed by atoms with Crippen LogP contribution in [0.2, 0.25) is 0 Å². The summed E-state index contributed by atoms with van der Waals surface area (Å²) in [7, 11) is -0.391. The fraction of sp³-hybridized carbons (Fsp3) is 0.200. The van der Waals surface area contributed by atoms with Crippen LogP contribution in [0.5, 0.6) is 0 Å². The van der Waals surface area contributed by atoms with Crippen molar-refractivity contribution in [1.82, 2.24) is 9.97 Å². The van der Waals surface area contributed by atoms with Crippen molar-refractivity contribution < 1.29 is 9.31 Å². The van der Waals surface area contributed by atoms with Crippen LogP contribution in [-0.2, 0) is 9.31 Å². The molecule has 2 heterocycles. The molecule has 1 fully saturated rings. The number of rotatable bonds is 3. The van der Waals surface area contributed by atoms with E-state index in [1.165, 1.54) is 10.8 Å². The average molecular weight is 458 g/mol. The summed E-state index contributed by atoms with van der Waals surface area (Å²) in [5.74, 6) is 0.701. The van der Waals surface area contributed by atoms with Crippen LogP contribution in [0.15, 0.2) is 91.0 Å². The number of hydrogen-bond donors (Lipinski definition) is 0. The van der Waals surface area contributed by atoms with E-state index in [-0.39, 0.29) is 11.2 Å². The summed E-state index contributed by atoms with van der Waals surface area (Å²) < 4.78 is 12.4. The van der Waals surface area contributed by atoms with Crippen molar-refractivity contribution in [3.05, 3.63) is 91.0 Å². The average Bonchev–Trinajstić information content (AvgIpc) is 3.09. The molecule has 1 aliphatic heterocycles. The number of hydrogen-bond acceptors (Lipinski definition) is 4. The molecule has 0 bridgehead atoms. The summed E-state index contributed by atoms with van der Waals surface area (Å²) in [6, 6.07) is 31.2. The first-order valence-electron chi connectivity index (χ1n) is 12.0. The first-order valence-corrected chi connectivity index (χ1v) is 12.0. The molecule has 35 heavy (non-hydrogen) atoms. The molecule has 4 nitrogen and oxygen atoms in total. The molecular formula is C30H27BN2O2. The van der Waals surface area contributed by atoms with E-state index in [0.717, 1.165) is 33.2 Å². The van der Waals surface area contributed by atoms with E-state index in [0.29, 0.717) is 5.82 Å². The number of aromatic nitrogens is 2. The molecule has 0 saturated carbocycles. The van der Waals surface area contributed by atoms with Crippen molar-refractivity contribution in [2.45, 2.75) is 38.9 Å². The maximum absolute atomic E-state index is 6.22. The van der Waals surface area contributed by atoms with Crippen LogP contribution in [0.25, 0.3) is 44.3 Å². The van der Waals surface area contributed by atoms with E-state index in [9.17, 15) is 0 Å². The van der Waals surface area contributed by atoms with Crippen molar-refractivity contribution in [1.29, 1.82) is 0 Å². The first-order chi connectivity index (χ1) is 16.8. The van der Waals surface area contributed by atoms with Crippen molar-refractivity contribution in [2.24, 2.45) is 0 Å². The van der Waals surface area contributed by atoms with Crippen LogP contribution in [0, 0.1) is 0 Å². The number of para-hydroxylation sites is 1. The summed E-state index contributed by atoms with van der Waals surface area (Å²) in [4.78, 5) is 10.0. The fourth-order valence-electron chi connectivity index (χ4n) is 4.61. The lowest BCUT2D eigenvalue weighted by molar-refractivity contribution is 0.00578. The summed E-state index contributed by atoms with van der Waals surface area (Å²) in [5, 5.41) is 3.42. The van der Waals surface area contributed by atoms with Crippen molar-refractivity contribution in [3.8, 4) is 22.6 Å². The normalized spacial score (nSPS) is 16.7. The first kappa shape index (κ1) is 22.0. The van der Waals surface area contributed by atoms with Crippen LogP contribution in [0.1, 0.15) is 27.7 Å². The van der Waals surface area contributed by atoms with E-state index in [2.05, 4.69) is 88.4 Å². The Morgan fingerprint density at radius 3 is 2.00 bits per heavy atom. The van der Waals surface area contributed by atoms with E-state index >= 15 is 0 Å². The van der Waals surface area contributed by atoms with E-state index in [1.54, 1.807) is 0 Å². The second kappa shape index (κ2) is 8.01. The molecule has 6 rings (SSSR count). The van der Waals surface area contributed by atoms with E-state index in [1.807, 2.05) is 30.3 Å². The molecular weight excluding hydrogens is 431 g/mol. The molecule has 0 atom stereocenters. The Labute approximate surface area is 206 Å². The Balaban J connectivity index is 1.44. The third-order valence-electron chi connectivity index (χ3n) is 7.34. The standard InChI is InChI=1S/C30H27BN2O2/c1-29(2)30(3,4)35-31(34-29)22-18-16-21(17-19-22)28-32-26-15-8-7-13-25(26)27(33-28)24-14-9-11-20-10-5-6-12-23(20)24/h5-19H,1-4H3. The zero-order chi connectivity index (χ0) is 24.2. The predicted molar refractivity (Wildman–Crippen MR) is 144 cm³/mol. The van der Waals surface area contributed by atoms with Gasteiger partial charge in [0.2, 0.25) is 0 Å². The minimum absolute atomic E-state index is 0.370. The van der Waals surface area contributed by atoms with Gasteiger partial charge in [0.15, 0.2) is 5.82 Å². The highest BCUT2D eigenvalue weighted by Gasteiger charge is 2.51. The molecule has 0 aliphatic carbocycles. The molecule has 1 saturated heterocycles. The lowest BCUT2D eigenvalue weighted by Crippen LogP contribution is -2.41. The third-order valence-corrected chi connectivity index (χ3v) is 7.34. The molecule has 0 spiro atoms. The van der Waals surface area contributed by atoms with Crippen molar-refractivity contribution >= 4 is 34.3 Å². The summed E-state index contributed by atoms with van der Waals surface area (Å²) >= 11 is 0. The molecule has 172 valence electrons. The van der Waals surface area contributed by atoms with Crippen LogP contribution in [0.3, 0.4) is 0 Å². The van der Waals surface area contributed by atoms with Gasteiger partial charge < -0.3 is 9.31 Å². The van der Waals surface area contributed by atoms with E-state index in [4.69, 9.17) is 19.3 Å². The Morgan fingerprint density at radius 2 is 1.26 bits per heavy atom. The summed E-state index contributed by atoms with van der Waals surface area (Å²) in [6.07, 6.45) is 0. The Kier molecular flexibility index (Phi) is 5.03. The minimum Gasteiger partial charge on any atom is -0.399 e. The number of fused-ring (bicyclic) bond motifs is 2. The van der Waals surface area contributed by atoms with Crippen molar-refractivity contribution in [3.63, 3.8) is 0 Å². The minimum atomic E-state index is -0.391. The smallest absolute Gasteiger partial charge is 0.399 e. The lowest BCUT2D eigenvalue weighted by Gasteiger charge is -2.32. The highest BCUT2D eigenvalue weighted by molar-refractivity contribution is 6.62. The molecule has 1 aliphatic rings. The van der Waals surface area contributed by atoms with Gasteiger partial charge in [0, 0.05) is 16.5 Å². The van der Waals surface area contributed by atoms with Crippen LogP contribution >= 0.6 is 0 Å². The Hall–Kier alpha value is -3.54. The van der Waals surface area contributed by atoms with Crippen molar-refractivity contribution in [2.75, 3.05) is 0 Å². The second-order valence-corrected chi connectivity index (χ2v) is 10.1. The highest BCUT2D eigenvalue weighted by Crippen LogP contribution is 2.37. The lowest BCUT2D eigenvalue weighted by atomic mass is 9.79. The maximum Gasteiger partial charge on any atom is 0.494 e. The Morgan fingerprint density at radius 1 is 0.629 bits per heavy atom. The highest BCUT2D eigenvalue weighted by atomic mass is 16.7. The van der Waals surface area contributed by atoms with Gasteiger partial charge in [-0.25, -0.2) is 9.97 Å². The van der Waals surface area contributed by atoms with Gasteiger partial charge in [-0.2, -0.15) is 0 Å². The zero-order valence-electron chi connectivity index (χ0n) is 20.4. The molecule has 5 aromatic rings. The molecule has 1 aromatic heterocycles. The third kappa shape index (κ3) is 3.72. The van der Waals surface area contributed by atoms with Gasteiger partial charge in [-0.3, -0.25) is 0 Å². The van der Waals surface area contributed by atoms with Gasteiger partial charge in [0.05, 0.1) is 22.4 Å². The van der Waals surface area contributed by atoms with Gasteiger partial charge in [-0.15, -0.1) is 0 Å². The Bertz CT molecular complexity index is 1540. The van der Waals surface area contributed by atoms with Gasteiger partial charge in [0.1, 0.15) is 0 Å². The van der Waals surface area contributed by atoms with Crippen LogP contribution < -0.4 is 5.46 Å². The second-order valence-electron chi connectivity index (χ2n) is 10.1. The van der Waals surface area contributed by atoms with Gasteiger partial charge in [-0.1, -0.05) is 84.9 Å². The SMILES string of the molecule is CC1(C)OB(c2ccc(-c3nc(-c4cccc5ccccc45)c4ccccc4n3)cc2)OC1(C)C. The molecule has 0 N–H and O–H groups in total. The maximum atomic E-state index is 6.22. The van der Waals surface area contributed by atoms with Gasteiger partial charge in [0.25, 0.3) is 0 Å². The molecule has 0 unspecified atom stereocenters. The number of nitrogens with zero attached hydrogens (tertiary/aromatic N) is 2.